The third-order valence-corrected chi connectivity index (χ3v) is 6.09. The molecule has 0 aromatic heterocycles. The lowest BCUT2D eigenvalue weighted by molar-refractivity contribution is 0.00146. The average Bonchev–Trinajstić information content (AvgIpc) is 2.55. The lowest BCUT2D eigenvalue weighted by atomic mass is 9.29. The minimum atomic E-state index is -1.75. The van der Waals surface area contributed by atoms with Gasteiger partial charge in [0, 0.05) is 22.0 Å². The van der Waals surface area contributed by atoms with Gasteiger partial charge in [0.05, 0.1) is 15.7 Å². The van der Waals surface area contributed by atoms with Crippen LogP contribution in [0.3, 0.4) is 0 Å². The molecule has 0 fully saturated rings. The monoisotopic (exact) mass is 410 g/mol. The molecule has 1 N–H and O–H groups in total. The van der Waals surface area contributed by atoms with Gasteiger partial charge >= 0.3 is 0 Å². The zero-order chi connectivity index (χ0) is 23.5. The van der Waals surface area contributed by atoms with Crippen LogP contribution in [-0.4, -0.2) is 34.1 Å². The van der Waals surface area contributed by atoms with Crippen LogP contribution in [0, 0.1) is 17.8 Å². The number of ether oxygens (including phenoxy) is 1. The minimum absolute atomic E-state index is 0.203. The lowest BCUT2D eigenvalue weighted by Crippen LogP contribution is -2.63. The molecule has 1 aliphatic rings. The highest BCUT2D eigenvalue weighted by molar-refractivity contribution is 6.42. The van der Waals surface area contributed by atoms with Crippen molar-refractivity contribution in [1.29, 1.82) is 0 Å². The summed E-state index contributed by atoms with van der Waals surface area (Å²) in [7, 11) is 21.1. The Kier molecular flexibility index (Phi) is 5.80. The van der Waals surface area contributed by atoms with Gasteiger partial charge in [-0.15, -0.1) is 0 Å². The summed E-state index contributed by atoms with van der Waals surface area (Å²) >= 11 is 0. The molecule has 158 valence electrons. The molecule has 1 heterocycles. The first-order valence-electron chi connectivity index (χ1n) is 11.0. The Labute approximate surface area is 192 Å². The van der Waals surface area contributed by atoms with E-state index in [0.717, 1.165) is 16.7 Å². The predicted octanol–water partition coefficient (Wildman–Crippen LogP) is 5.57. The van der Waals surface area contributed by atoms with Crippen molar-refractivity contribution >= 4 is 23.5 Å². The summed E-state index contributed by atoms with van der Waals surface area (Å²) in [5.74, 6) is 1.28. The number of fused-ring (bicyclic) bond motifs is 2. The molecule has 1 aliphatic heterocycles. The molecule has 2 aromatic carbocycles. The first-order chi connectivity index (χ1) is 14.0. The quantitative estimate of drug-likeness (QED) is 0.669. The second kappa shape index (κ2) is 7.47. The van der Waals surface area contributed by atoms with Gasteiger partial charge in [-0.25, -0.2) is 0 Å². The van der Waals surface area contributed by atoms with Crippen molar-refractivity contribution in [3.63, 3.8) is 0 Å². The summed E-state index contributed by atoms with van der Waals surface area (Å²) in [5.41, 5.74) is -1.13. The van der Waals surface area contributed by atoms with Crippen LogP contribution in [0.15, 0.2) is 42.5 Å². The topological polar surface area (TPSA) is 29.5 Å². The normalized spacial score (nSPS) is 20.9. The van der Waals surface area contributed by atoms with Gasteiger partial charge in [0.1, 0.15) is 19.3 Å². The summed E-state index contributed by atoms with van der Waals surface area (Å²) < 4.78 is 6.34. The fraction of sp³-hybridized carbons (Fsp3) is 0.538. The van der Waals surface area contributed by atoms with E-state index < -0.39 is 16.1 Å². The number of aryl methyl sites for hydroxylation is 1. The molecule has 2 unspecified atom stereocenters. The standard InChI is InChI=1S/C26H33B3O2/c1-17-11-10-13-19-21(17)31-20-14-9-8-12-18(20)26(19,24(27,28)15-22(2,3)4)25(29,30)16-23(5,6)7/h8-14,30H,15-16H2,1-7H3. The van der Waals surface area contributed by atoms with Crippen molar-refractivity contribution in [2.24, 2.45) is 10.8 Å². The Hall–Kier alpha value is -1.61. The number of benzene rings is 2. The van der Waals surface area contributed by atoms with Crippen LogP contribution >= 0.6 is 0 Å². The number of hydrogen-bond donors (Lipinski definition) is 1. The van der Waals surface area contributed by atoms with Crippen molar-refractivity contribution in [1.82, 2.24) is 0 Å². The van der Waals surface area contributed by atoms with E-state index in [1.54, 1.807) is 0 Å². The highest BCUT2D eigenvalue weighted by Crippen LogP contribution is 2.65. The maximum Gasteiger partial charge on any atom is 0.134 e. The molecule has 0 bridgehead atoms. The summed E-state index contributed by atoms with van der Waals surface area (Å²) in [6.45, 7) is 14.4. The second-order valence-electron chi connectivity index (χ2n) is 11.7. The lowest BCUT2D eigenvalue weighted by Gasteiger charge is -2.61. The third-order valence-electron chi connectivity index (χ3n) is 6.09. The molecule has 2 atom stereocenters. The average molecular weight is 410 g/mol. The van der Waals surface area contributed by atoms with E-state index in [9.17, 15) is 5.11 Å². The molecule has 2 aromatic rings. The van der Waals surface area contributed by atoms with Gasteiger partial charge in [0.15, 0.2) is 0 Å². The third kappa shape index (κ3) is 4.11. The molecular formula is C26H33B3O2. The molecule has 0 saturated heterocycles. The molecule has 5 heteroatoms. The Morgan fingerprint density at radius 2 is 1.35 bits per heavy atom. The van der Waals surface area contributed by atoms with E-state index in [1.807, 2.05) is 49.4 Å². The van der Waals surface area contributed by atoms with E-state index >= 15 is 0 Å². The first kappa shape index (κ1) is 24.0. The van der Waals surface area contributed by atoms with Crippen LogP contribution in [0.2, 0.25) is 5.21 Å². The van der Waals surface area contributed by atoms with E-state index in [1.165, 1.54) is 0 Å². The van der Waals surface area contributed by atoms with Gasteiger partial charge in [0.25, 0.3) is 0 Å². The van der Waals surface area contributed by atoms with Crippen LogP contribution in [0.1, 0.15) is 71.1 Å². The Morgan fingerprint density at radius 1 is 0.806 bits per heavy atom. The maximum atomic E-state index is 12.2. The predicted molar refractivity (Wildman–Crippen MR) is 132 cm³/mol. The number of rotatable bonds is 4. The SMILES string of the molecule is [B]C([B])(CC(C)(C)C)C1(C([B])(O)CC(C)(C)C)c2ccccc2Oc2c(C)cccc21. The number of hydrogen-bond acceptors (Lipinski definition) is 2. The van der Waals surface area contributed by atoms with Crippen LogP contribution < -0.4 is 4.74 Å². The van der Waals surface area contributed by atoms with Crippen molar-refractivity contribution < 1.29 is 9.84 Å². The largest absolute Gasteiger partial charge is 0.456 e. The molecule has 0 saturated carbocycles. The molecule has 0 spiro atoms. The summed E-state index contributed by atoms with van der Waals surface area (Å²) in [6.07, 6.45) is 0.730. The van der Waals surface area contributed by atoms with Crippen LogP contribution in [0.4, 0.5) is 0 Å². The summed E-state index contributed by atoms with van der Waals surface area (Å²) in [5, 5.41) is 10.8. The van der Waals surface area contributed by atoms with E-state index in [0.29, 0.717) is 24.3 Å². The fourth-order valence-electron chi connectivity index (χ4n) is 5.53. The summed E-state index contributed by atoms with van der Waals surface area (Å²) in [4.78, 5) is 0. The molecular weight excluding hydrogens is 377 g/mol. The molecule has 0 amide bonds. The zero-order valence-corrected chi connectivity index (χ0v) is 20.0. The van der Waals surface area contributed by atoms with Crippen molar-refractivity contribution in [2.45, 2.75) is 77.4 Å². The maximum absolute atomic E-state index is 12.2. The number of aliphatic hydroxyl groups is 1. The van der Waals surface area contributed by atoms with E-state index in [2.05, 4.69) is 41.5 Å². The second-order valence-corrected chi connectivity index (χ2v) is 11.7. The molecule has 0 aliphatic carbocycles. The zero-order valence-electron chi connectivity index (χ0n) is 20.0. The fourth-order valence-corrected chi connectivity index (χ4v) is 5.53. The molecule has 31 heavy (non-hydrogen) atoms. The van der Waals surface area contributed by atoms with Gasteiger partial charge in [-0.2, -0.15) is 0 Å². The van der Waals surface area contributed by atoms with E-state index in [-0.39, 0.29) is 10.8 Å². The van der Waals surface area contributed by atoms with E-state index in [4.69, 9.17) is 28.3 Å². The van der Waals surface area contributed by atoms with Crippen LogP contribution in [0.25, 0.3) is 0 Å². The molecule has 3 rings (SSSR count). The van der Waals surface area contributed by atoms with Crippen molar-refractivity contribution in [3.05, 3.63) is 59.2 Å². The minimum Gasteiger partial charge on any atom is -0.456 e. The van der Waals surface area contributed by atoms with Crippen molar-refractivity contribution in [3.8, 4) is 11.5 Å². The van der Waals surface area contributed by atoms with Gasteiger partial charge in [-0.3, -0.25) is 0 Å². The van der Waals surface area contributed by atoms with Gasteiger partial charge in [-0.05, 0) is 35.8 Å². The number of para-hydroxylation sites is 2. The smallest absolute Gasteiger partial charge is 0.134 e. The summed E-state index contributed by atoms with van der Waals surface area (Å²) in [6, 6.07) is 13.5. The first-order valence-corrected chi connectivity index (χ1v) is 11.0. The Balaban J connectivity index is 2.49. The molecule has 2 nitrogen and oxygen atoms in total. The van der Waals surface area contributed by atoms with Crippen molar-refractivity contribution in [2.75, 3.05) is 0 Å². The highest BCUT2D eigenvalue weighted by atomic mass is 16.5. The van der Waals surface area contributed by atoms with Gasteiger partial charge < -0.3 is 9.84 Å². The Morgan fingerprint density at radius 3 is 1.94 bits per heavy atom. The highest BCUT2D eigenvalue weighted by Gasteiger charge is 2.61. The van der Waals surface area contributed by atoms with Crippen LogP contribution in [0.5, 0.6) is 11.5 Å². The van der Waals surface area contributed by atoms with Gasteiger partial charge in [-0.1, -0.05) is 89.6 Å². The van der Waals surface area contributed by atoms with Gasteiger partial charge in [0.2, 0.25) is 0 Å². The molecule has 6 radical (unpaired) electrons. The Bertz CT molecular complexity index is 937. The van der Waals surface area contributed by atoms with Crippen LogP contribution in [-0.2, 0) is 5.41 Å².